The van der Waals surface area contributed by atoms with Crippen molar-refractivity contribution in [3.63, 3.8) is 0 Å². The van der Waals surface area contributed by atoms with E-state index in [0.29, 0.717) is 18.1 Å². The van der Waals surface area contributed by atoms with E-state index in [-0.39, 0.29) is 12.0 Å². The van der Waals surface area contributed by atoms with Gasteiger partial charge in [0.15, 0.2) is 5.17 Å². The lowest BCUT2D eigenvalue weighted by Crippen LogP contribution is -2.31. The Balaban J connectivity index is 2.39. The summed E-state index contributed by atoms with van der Waals surface area (Å²) in [5, 5.41) is 4.10. The quantitative estimate of drug-likeness (QED) is 0.716. The third-order valence-electron chi connectivity index (χ3n) is 3.43. The molecule has 1 aliphatic heterocycles. The number of hydrogen-bond donors (Lipinski definition) is 1. The Morgan fingerprint density at radius 1 is 1.46 bits per heavy atom. The van der Waals surface area contributed by atoms with E-state index >= 15 is 0 Å². The van der Waals surface area contributed by atoms with Crippen LogP contribution in [0.3, 0.4) is 0 Å². The lowest BCUT2D eigenvalue weighted by molar-refractivity contribution is -0.138. The summed E-state index contributed by atoms with van der Waals surface area (Å²) in [5.74, 6) is 1.22. The van der Waals surface area contributed by atoms with Crippen LogP contribution in [0.15, 0.2) is 45.0 Å². The summed E-state index contributed by atoms with van der Waals surface area (Å²) in [6.07, 6.45) is 0. The molecule has 24 heavy (non-hydrogen) atoms. The minimum Gasteiger partial charge on any atom is -0.463 e. The second-order valence-corrected chi connectivity index (χ2v) is 7.91. The van der Waals surface area contributed by atoms with Gasteiger partial charge < -0.3 is 10.1 Å². The SMILES string of the molecule is CCOC(=O)C1=C(C)NC(SCC(C)C)=N[C@@H]1c1cccc(Br)c1. The van der Waals surface area contributed by atoms with E-state index in [9.17, 15) is 4.79 Å². The number of allylic oxidation sites excluding steroid dienone is 1. The minimum atomic E-state index is -0.350. The fourth-order valence-corrected chi connectivity index (χ4v) is 3.67. The monoisotopic (exact) mass is 410 g/mol. The Morgan fingerprint density at radius 3 is 2.83 bits per heavy atom. The maximum atomic E-state index is 12.4. The zero-order valence-corrected chi connectivity index (χ0v) is 16.8. The van der Waals surface area contributed by atoms with Crippen LogP contribution in [-0.4, -0.2) is 23.5 Å². The van der Waals surface area contributed by atoms with Crippen molar-refractivity contribution in [2.75, 3.05) is 12.4 Å². The lowest BCUT2D eigenvalue weighted by atomic mass is 9.97. The van der Waals surface area contributed by atoms with Gasteiger partial charge >= 0.3 is 5.97 Å². The fraction of sp³-hybridized carbons (Fsp3) is 0.444. The first kappa shape index (κ1) is 19.1. The van der Waals surface area contributed by atoms with Crippen LogP contribution < -0.4 is 5.32 Å². The molecule has 1 aromatic rings. The molecule has 0 aliphatic carbocycles. The Kier molecular flexibility index (Phi) is 6.92. The molecule has 1 aliphatic rings. The van der Waals surface area contributed by atoms with Crippen LogP contribution in [-0.2, 0) is 9.53 Å². The predicted octanol–water partition coefficient (Wildman–Crippen LogP) is 4.68. The molecule has 130 valence electrons. The van der Waals surface area contributed by atoms with E-state index in [0.717, 1.165) is 26.7 Å². The number of rotatable bonds is 5. The van der Waals surface area contributed by atoms with Crippen molar-refractivity contribution in [1.82, 2.24) is 5.32 Å². The first-order valence-corrected chi connectivity index (χ1v) is 9.81. The topological polar surface area (TPSA) is 50.7 Å². The summed E-state index contributed by atoms with van der Waals surface area (Å²) in [7, 11) is 0. The van der Waals surface area contributed by atoms with Gasteiger partial charge in [0, 0.05) is 15.9 Å². The van der Waals surface area contributed by atoms with Gasteiger partial charge in [-0.1, -0.05) is 53.7 Å². The van der Waals surface area contributed by atoms with Crippen LogP contribution in [0, 0.1) is 5.92 Å². The van der Waals surface area contributed by atoms with Gasteiger partial charge in [-0.05, 0) is 37.5 Å². The van der Waals surface area contributed by atoms with Gasteiger partial charge in [0.2, 0.25) is 0 Å². The molecule has 4 nitrogen and oxygen atoms in total. The zero-order valence-electron chi connectivity index (χ0n) is 14.4. The van der Waals surface area contributed by atoms with E-state index in [1.165, 1.54) is 0 Å². The molecule has 1 N–H and O–H groups in total. The van der Waals surface area contributed by atoms with Gasteiger partial charge in [-0.2, -0.15) is 0 Å². The van der Waals surface area contributed by atoms with Crippen molar-refractivity contribution in [3.05, 3.63) is 45.6 Å². The number of amidine groups is 1. The summed E-state index contributed by atoms with van der Waals surface area (Å²) in [6.45, 7) is 8.41. The number of aliphatic imine (C=N–C) groups is 1. The van der Waals surface area contributed by atoms with Gasteiger partial charge in [-0.25, -0.2) is 9.79 Å². The molecule has 0 saturated carbocycles. The van der Waals surface area contributed by atoms with E-state index < -0.39 is 0 Å². The summed E-state index contributed by atoms with van der Waals surface area (Å²) in [5.41, 5.74) is 2.35. The van der Waals surface area contributed by atoms with Crippen molar-refractivity contribution in [3.8, 4) is 0 Å². The molecule has 0 amide bonds. The van der Waals surface area contributed by atoms with Gasteiger partial charge in [0.1, 0.15) is 6.04 Å². The molecule has 6 heteroatoms. The Morgan fingerprint density at radius 2 is 2.21 bits per heavy atom. The number of esters is 1. The van der Waals surface area contributed by atoms with Crippen molar-refractivity contribution in [2.24, 2.45) is 10.9 Å². The molecule has 0 radical (unpaired) electrons. The maximum Gasteiger partial charge on any atom is 0.338 e. The maximum absolute atomic E-state index is 12.4. The molecule has 1 aromatic carbocycles. The highest BCUT2D eigenvalue weighted by molar-refractivity contribution is 9.10. The molecule has 2 rings (SSSR count). The number of carbonyl (C=O) groups excluding carboxylic acids is 1. The average Bonchev–Trinajstić information content (AvgIpc) is 2.52. The highest BCUT2D eigenvalue weighted by atomic mass is 79.9. The summed E-state index contributed by atoms with van der Waals surface area (Å²) in [6, 6.07) is 7.55. The third kappa shape index (κ3) is 4.86. The molecule has 0 unspecified atom stereocenters. The summed E-state index contributed by atoms with van der Waals surface area (Å²) in [4.78, 5) is 17.2. The molecule has 1 heterocycles. The number of hydrogen-bond acceptors (Lipinski definition) is 5. The van der Waals surface area contributed by atoms with Crippen molar-refractivity contribution in [2.45, 2.75) is 33.7 Å². The Labute approximate surface area is 156 Å². The van der Waals surface area contributed by atoms with E-state index in [4.69, 9.17) is 9.73 Å². The number of ether oxygens (including phenoxy) is 1. The second kappa shape index (κ2) is 8.72. The van der Waals surface area contributed by atoms with Gasteiger partial charge in [-0.3, -0.25) is 0 Å². The fourth-order valence-electron chi connectivity index (χ4n) is 2.36. The number of thioether (sulfide) groups is 1. The first-order chi connectivity index (χ1) is 11.4. The van der Waals surface area contributed by atoms with Crippen LogP contribution in [0.25, 0.3) is 0 Å². The minimum absolute atomic E-state index is 0.316. The van der Waals surface area contributed by atoms with Crippen LogP contribution in [0.4, 0.5) is 0 Å². The van der Waals surface area contributed by atoms with Gasteiger partial charge in [0.05, 0.1) is 12.2 Å². The highest BCUT2D eigenvalue weighted by Gasteiger charge is 2.30. The smallest absolute Gasteiger partial charge is 0.338 e. The normalized spacial score (nSPS) is 17.6. The van der Waals surface area contributed by atoms with E-state index in [1.54, 1.807) is 11.8 Å². The molecule has 0 fully saturated rings. The largest absolute Gasteiger partial charge is 0.463 e. The Bertz CT molecular complexity index is 671. The predicted molar refractivity (Wildman–Crippen MR) is 104 cm³/mol. The highest BCUT2D eigenvalue weighted by Crippen LogP contribution is 2.34. The number of nitrogens with one attached hydrogen (secondary N) is 1. The molecule has 0 spiro atoms. The second-order valence-electron chi connectivity index (χ2n) is 5.98. The van der Waals surface area contributed by atoms with Crippen LogP contribution in [0.2, 0.25) is 0 Å². The third-order valence-corrected chi connectivity index (χ3v) is 5.24. The lowest BCUT2D eigenvalue weighted by Gasteiger charge is -2.26. The zero-order chi connectivity index (χ0) is 17.7. The standard InChI is InChI=1S/C18H23BrN2O2S/c1-5-23-17(22)15-12(4)20-18(24-10-11(2)3)21-16(15)13-7-6-8-14(19)9-13/h6-9,11,16H,5,10H2,1-4H3,(H,20,21)/t16-/m1/s1. The molecule has 0 aromatic heterocycles. The van der Waals surface area contributed by atoms with Crippen LogP contribution in [0.1, 0.15) is 39.3 Å². The Hall–Kier alpha value is -1.27. The van der Waals surface area contributed by atoms with Crippen molar-refractivity contribution >= 4 is 38.8 Å². The molecular weight excluding hydrogens is 388 g/mol. The number of carbonyl (C=O) groups is 1. The van der Waals surface area contributed by atoms with Crippen LogP contribution in [0.5, 0.6) is 0 Å². The summed E-state index contributed by atoms with van der Waals surface area (Å²) < 4.78 is 6.21. The average molecular weight is 411 g/mol. The van der Waals surface area contributed by atoms with Crippen LogP contribution >= 0.6 is 27.7 Å². The van der Waals surface area contributed by atoms with Crippen molar-refractivity contribution < 1.29 is 9.53 Å². The van der Waals surface area contributed by atoms with E-state index in [2.05, 4.69) is 35.1 Å². The number of nitrogens with zero attached hydrogens (tertiary/aromatic N) is 1. The number of benzene rings is 1. The summed E-state index contributed by atoms with van der Waals surface area (Å²) >= 11 is 5.17. The molecule has 0 saturated heterocycles. The molecular formula is C18H23BrN2O2S. The van der Waals surface area contributed by atoms with Crippen molar-refractivity contribution in [1.29, 1.82) is 0 Å². The van der Waals surface area contributed by atoms with E-state index in [1.807, 2.05) is 38.1 Å². The van der Waals surface area contributed by atoms with Gasteiger partial charge in [0.25, 0.3) is 0 Å². The number of halogens is 1. The molecule has 0 bridgehead atoms. The first-order valence-electron chi connectivity index (χ1n) is 8.03. The molecule has 1 atom stereocenters. The van der Waals surface area contributed by atoms with Gasteiger partial charge in [-0.15, -0.1) is 0 Å².